The van der Waals surface area contributed by atoms with Crippen molar-refractivity contribution in [1.82, 2.24) is 5.48 Å². The average molecular weight is 199 g/mol. The molecule has 1 aromatic carbocycles. The Labute approximate surface area is 82.8 Å². The van der Waals surface area contributed by atoms with Gasteiger partial charge in [-0.3, -0.25) is 0 Å². The zero-order valence-electron chi connectivity index (χ0n) is 8.56. The van der Waals surface area contributed by atoms with Crippen LogP contribution < -0.4 is 10.2 Å². The molecule has 0 aliphatic rings. The lowest BCUT2D eigenvalue weighted by molar-refractivity contribution is 0.0860. The van der Waals surface area contributed by atoms with Gasteiger partial charge in [-0.15, -0.1) is 0 Å². The van der Waals surface area contributed by atoms with Crippen LogP contribution in [0, 0.1) is 12.7 Å². The molecule has 0 bridgehead atoms. The summed E-state index contributed by atoms with van der Waals surface area (Å²) < 4.78 is 18.2. The lowest BCUT2D eigenvalue weighted by Gasteiger charge is -2.11. The van der Waals surface area contributed by atoms with Gasteiger partial charge in [-0.05, 0) is 24.6 Å². The van der Waals surface area contributed by atoms with Crippen molar-refractivity contribution in [3.8, 4) is 5.75 Å². The summed E-state index contributed by atoms with van der Waals surface area (Å²) in [6, 6.07) is 2.87. The van der Waals surface area contributed by atoms with Gasteiger partial charge in [-0.2, -0.15) is 5.48 Å². The molecule has 0 amide bonds. The molecule has 0 fully saturated rings. The standard InChI is InChI=1S/C10H14FNO2/c1-7-4-9(11)5-8(6-12-14-3)10(7)13-2/h4-5,12H,6H2,1-3H3. The molecule has 1 N–H and O–H groups in total. The van der Waals surface area contributed by atoms with E-state index in [0.717, 1.165) is 11.1 Å². The Morgan fingerprint density at radius 3 is 2.64 bits per heavy atom. The van der Waals surface area contributed by atoms with Crippen molar-refractivity contribution in [3.05, 3.63) is 29.1 Å². The molecule has 14 heavy (non-hydrogen) atoms. The zero-order valence-corrected chi connectivity index (χ0v) is 8.56. The second kappa shape index (κ2) is 4.93. The maximum atomic E-state index is 13.0. The number of halogens is 1. The van der Waals surface area contributed by atoms with Crippen LogP contribution in [0.3, 0.4) is 0 Å². The number of ether oxygens (including phenoxy) is 1. The summed E-state index contributed by atoms with van der Waals surface area (Å²) >= 11 is 0. The van der Waals surface area contributed by atoms with Crippen molar-refractivity contribution in [2.45, 2.75) is 13.5 Å². The fourth-order valence-corrected chi connectivity index (χ4v) is 1.37. The van der Waals surface area contributed by atoms with Gasteiger partial charge in [0.05, 0.1) is 14.2 Å². The summed E-state index contributed by atoms with van der Waals surface area (Å²) in [4.78, 5) is 4.70. The van der Waals surface area contributed by atoms with E-state index in [1.165, 1.54) is 19.2 Å². The molecule has 0 aliphatic carbocycles. The van der Waals surface area contributed by atoms with E-state index in [2.05, 4.69) is 5.48 Å². The molecule has 0 aromatic heterocycles. The van der Waals surface area contributed by atoms with E-state index in [4.69, 9.17) is 9.57 Å². The maximum Gasteiger partial charge on any atom is 0.126 e. The number of hydrogen-bond acceptors (Lipinski definition) is 3. The van der Waals surface area contributed by atoms with Crippen LogP contribution in [0.25, 0.3) is 0 Å². The Morgan fingerprint density at radius 2 is 2.07 bits per heavy atom. The Bertz CT molecular complexity index is 315. The molecule has 0 spiro atoms. The molecule has 0 saturated heterocycles. The Balaban J connectivity index is 2.99. The third-order valence-corrected chi connectivity index (χ3v) is 1.93. The first-order valence-electron chi connectivity index (χ1n) is 4.28. The van der Waals surface area contributed by atoms with E-state index in [1.54, 1.807) is 14.0 Å². The van der Waals surface area contributed by atoms with Gasteiger partial charge in [0.15, 0.2) is 0 Å². The lowest BCUT2D eigenvalue weighted by Crippen LogP contribution is -2.12. The second-order valence-corrected chi connectivity index (χ2v) is 2.94. The highest BCUT2D eigenvalue weighted by Gasteiger charge is 2.08. The molecular weight excluding hydrogens is 185 g/mol. The first kappa shape index (κ1) is 10.9. The van der Waals surface area contributed by atoms with E-state index >= 15 is 0 Å². The van der Waals surface area contributed by atoms with Gasteiger partial charge >= 0.3 is 0 Å². The van der Waals surface area contributed by atoms with Gasteiger partial charge in [0.2, 0.25) is 0 Å². The normalized spacial score (nSPS) is 10.3. The van der Waals surface area contributed by atoms with Gasteiger partial charge in [0.1, 0.15) is 11.6 Å². The molecule has 1 aromatic rings. The van der Waals surface area contributed by atoms with Crippen molar-refractivity contribution < 1.29 is 14.0 Å². The second-order valence-electron chi connectivity index (χ2n) is 2.94. The van der Waals surface area contributed by atoms with Gasteiger partial charge in [0.25, 0.3) is 0 Å². The average Bonchev–Trinajstić information content (AvgIpc) is 2.14. The third kappa shape index (κ3) is 2.43. The summed E-state index contributed by atoms with van der Waals surface area (Å²) in [6.45, 7) is 2.22. The molecule has 0 saturated carbocycles. The third-order valence-electron chi connectivity index (χ3n) is 1.93. The van der Waals surface area contributed by atoms with Crippen LogP contribution in [0.4, 0.5) is 4.39 Å². The Morgan fingerprint density at radius 1 is 1.36 bits per heavy atom. The van der Waals surface area contributed by atoms with Crippen LogP contribution in [0.5, 0.6) is 5.75 Å². The van der Waals surface area contributed by atoms with E-state index in [1.807, 2.05) is 0 Å². The van der Waals surface area contributed by atoms with Crippen molar-refractivity contribution in [2.75, 3.05) is 14.2 Å². The summed E-state index contributed by atoms with van der Waals surface area (Å²) in [5.74, 6) is 0.423. The van der Waals surface area contributed by atoms with Gasteiger partial charge in [0, 0.05) is 12.1 Å². The lowest BCUT2D eigenvalue weighted by atomic mass is 10.1. The largest absolute Gasteiger partial charge is 0.496 e. The van der Waals surface area contributed by atoms with Gasteiger partial charge in [-0.1, -0.05) is 0 Å². The fraction of sp³-hybridized carbons (Fsp3) is 0.400. The van der Waals surface area contributed by atoms with Crippen LogP contribution >= 0.6 is 0 Å². The van der Waals surface area contributed by atoms with Crippen LogP contribution in [-0.2, 0) is 11.4 Å². The van der Waals surface area contributed by atoms with Gasteiger partial charge < -0.3 is 9.57 Å². The van der Waals surface area contributed by atoms with E-state index in [0.29, 0.717) is 12.3 Å². The molecule has 0 atom stereocenters. The van der Waals surface area contributed by atoms with E-state index in [-0.39, 0.29) is 5.82 Å². The number of aryl methyl sites for hydroxylation is 1. The van der Waals surface area contributed by atoms with Crippen LogP contribution in [0.1, 0.15) is 11.1 Å². The minimum atomic E-state index is -0.267. The number of methoxy groups -OCH3 is 1. The van der Waals surface area contributed by atoms with Crippen molar-refractivity contribution in [3.63, 3.8) is 0 Å². The zero-order chi connectivity index (χ0) is 10.6. The molecular formula is C10H14FNO2. The summed E-state index contributed by atoms with van der Waals surface area (Å²) in [5, 5.41) is 0. The minimum absolute atomic E-state index is 0.267. The van der Waals surface area contributed by atoms with Crippen LogP contribution in [0.15, 0.2) is 12.1 Å². The molecule has 0 heterocycles. The maximum absolute atomic E-state index is 13.0. The summed E-state index contributed by atoms with van der Waals surface area (Å²) in [7, 11) is 3.08. The highest BCUT2D eigenvalue weighted by molar-refractivity contribution is 5.41. The van der Waals surface area contributed by atoms with E-state index in [9.17, 15) is 4.39 Å². The smallest absolute Gasteiger partial charge is 0.126 e. The van der Waals surface area contributed by atoms with Crippen molar-refractivity contribution >= 4 is 0 Å². The predicted molar refractivity (Wildman–Crippen MR) is 51.5 cm³/mol. The number of nitrogens with one attached hydrogen (secondary N) is 1. The fourth-order valence-electron chi connectivity index (χ4n) is 1.37. The molecule has 4 heteroatoms. The van der Waals surface area contributed by atoms with Crippen LogP contribution in [0.2, 0.25) is 0 Å². The SMILES string of the molecule is CONCc1cc(F)cc(C)c1OC. The Hall–Kier alpha value is -1.13. The van der Waals surface area contributed by atoms with Gasteiger partial charge in [-0.25, -0.2) is 4.39 Å². The first-order valence-corrected chi connectivity index (χ1v) is 4.28. The molecule has 78 valence electrons. The summed E-state index contributed by atoms with van der Waals surface area (Å²) in [6.07, 6.45) is 0. The quantitative estimate of drug-likeness (QED) is 0.750. The predicted octanol–water partition coefficient (Wildman–Crippen LogP) is 1.79. The molecule has 1 rings (SSSR count). The van der Waals surface area contributed by atoms with Crippen molar-refractivity contribution in [1.29, 1.82) is 0 Å². The first-order chi connectivity index (χ1) is 6.69. The number of hydroxylamine groups is 1. The number of rotatable bonds is 4. The molecule has 0 radical (unpaired) electrons. The number of hydrogen-bond donors (Lipinski definition) is 1. The topological polar surface area (TPSA) is 30.5 Å². The highest BCUT2D eigenvalue weighted by Crippen LogP contribution is 2.24. The summed E-state index contributed by atoms with van der Waals surface area (Å²) in [5.41, 5.74) is 4.17. The monoisotopic (exact) mass is 199 g/mol. The highest BCUT2D eigenvalue weighted by atomic mass is 19.1. The van der Waals surface area contributed by atoms with Crippen LogP contribution in [-0.4, -0.2) is 14.2 Å². The number of benzene rings is 1. The van der Waals surface area contributed by atoms with E-state index < -0.39 is 0 Å². The molecule has 3 nitrogen and oxygen atoms in total. The molecule has 0 aliphatic heterocycles. The molecule has 0 unspecified atom stereocenters. The van der Waals surface area contributed by atoms with Crippen molar-refractivity contribution in [2.24, 2.45) is 0 Å². The minimum Gasteiger partial charge on any atom is -0.496 e. The Kier molecular flexibility index (Phi) is 3.85.